The van der Waals surface area contributed by atoms with E-state index < -0.39 is 16.4 Å². The molecule has 0 spiro atoms. The number of likely N-dealkylation sites (tertiary alicyclic amines) is 1. The van der Waals surface area contributed by atoms with E-state index in [1.165, 1.54) is 12.1 Å². The number of ether oxygens (including phenoxy) is 1. The number of nitro groups is 1. The first-order valence-electron chi connectivity index (χ1n) is 7.33. The minimum absolute atomic E-state index is 0.0650. The minimum atomic E-state index is -0.816. The fourth-order valence-electron chi connectivity index (χ4n) is 2.64. The number of halogens is 1. The van der Waals surface area contributed by atoms with E-state index in [-0.39, 0.29) is 11.9 Å². The number of piperidine rings is 1. The fraction of sp³-hybridized carbons (Fsp3) is 0.533. The Bertz CT molecular complexity index is 556. The maximum Gasteiger partial charge on any atom is 0.309 e. The van der Waals surface area contributed by atoms with Gasteiger partial charge in [-0.1, -0.05) is 6.07 Å². The van der Waals surface area contributed by atoms with Gasteiger partial charge < -0.3 is 4.74 Å². The number of nitrogens with zero attached hydrogens (tertiary/aromatic N) is 2. The van der Waals surface area contributed by atoms with Gasteiger partial charge in [-0.15, -0.1) is 0 Å². The van der Waals surface area contributed by atoms with Gasteiger partial charge in [0.2, 0.25) is 5.82 Å². The van der Waals surface area contributed by atoms with Crippen LogP contribution in [0.1, 0.15) is 25.3 Å². The molecule has 7 heteroatoms. The van der Waals surface area contributed by atoms with Crippen molar-refractivity contribution >= 4 is 11.7 Å². The molecule has 1 aromatic rings. The van der Waals surface area contributed by atoms with Crippen molar-refractivity contribution in [1.29, 1.82) is 0 Å². The average molecular weight is 310 g/mol. The summed E-state index contributed by atoms with van der Waals surface area (Å²) in [5.41, 5.74) is 0.183. The SMILES string of the molecule is CCOC(=O)C1CCN(Cc2ccc([N+](=O)[O-])c(F)c2)CC1. The number of esters is 1. The Morgan fingerprint density at radius 3 is 2.68 bits per heavy atom. The lowest BCUT2D eigenvalue weighted by Crippen LogP contribution is -2.36. The average Bonchev–Trinajstić information content (AvgIpc) is 2.48. The first kappa shape index (κ1) is 16.4. The van der Waals surface area contributed by atoms with Crippen molar-refractivity contribution in [2.75, 3.05) is 19.7 Å². The molecule has 120 valence electrons. The summed E-state index contributed by atoms with van der Waals surface area (Å²) in [7, 11) is 0. The van der Waals surface area contributed by atoms with Gasteiger partial charge in [-0.05, 0) is 44.5 Å². The highest BCUT2D eigenvalue weighted by Crippen LogP contribution is 2.22. The number of hydrogen-bond acceptors (Lipinski definition) is 5. The molecule has 0 bridgehead atoms. The first-order chi connectivity index (χ1) is 10.5. The molecule has 0 aliphatic carbocycles. The van der Waals surface area contributed by atoms with E-state index in [0.29, 0.717) is 31.6 Å². The van der Waals surface area contributed by atoms with E-state index in [1.807, 2.05) is 0 Å². The standard InChI is InChI=1S/C15H19FN2O4/c1-2-22-15(19)12-5-7-17(8-6-12)10-11-3-4-14(18(20)21)13(16)9-11/h3-4,9,12H,2,5-8,10H2,1H3. The van der Waals surface area contributed by atoms with E-state index in [4.69, 9.17) is 4.74 Å². The summed E-state index contributed by atoms with van der Waals surface area (Å²) < 4.78 is 18.6. The lowest BCUT2D eigenvalue weighted by molar-refractivity contribution is -0.387. The summed E-state index contributed by atoms with van der Waals surface area (Å²) in [4.78, 5) is 23.6. The van der Waals surface area contributed by atoms with Gasteiger partial charge in [0.15, 0.2) is 0 Å². The first-order valence-corrected chi connectivity index (χ1v) is 7.33. The molecule has 22 heavy (non-hydrogen) atoms. The molecule has 1 fully saturated rings. The number of benzene rings is 1. The Balaban J connectivity index is 1.90. The van der Waals surface area contributed by atoms with Crippen LogP contribution in [-0.2, 0) is 16.1 Å². The lowest BCUT2D eigenvalue weighted by Gasteiger charge is -2.30. The molecule has 2 rings (SSSR count). The maximum atomic E-state index is 13.6. The maximum absolute atomic E-state index is 13.6. The van der Waals surface area contributed by atoms with Gasteiger partial charge in [-0.25, -0.2) is 0 Å². The van der Waals surface area contributed by atoms with Crippen molar-refractivity contribution < 1.29 is 18.8 Å². The smallest absolute Gasteiger partial charge is 0.309 e. The molecule has 1 aliphatic rings. The Morgan fingerprint density at radius 2 is 2.14 bits per heavy atom. The van der Waals surface area contributed by atoms with Gasteiger partial charge in [0.05, 0.1) is 17.4 Å². The highest BCUT2D eigenvalue weighted by Gasteiger charge is 2.26. The molecule has 0 N–H and O–H groups in total. The fourth-order valence-corrected chi connectivity index (χ4v) is 2.64. The molecule has 1 heterocycles. The zero-order chi connectivity index (χ0) is 16.1. The van der Waals surface area contributed by atoms with Crippen LogP contribution in [0, 0.1) is 21.8 Å². The summed E-state index contributed by atoms with van der Waals surface area (Å²) in [6, 6.07) is 3.96. The lowest BCUT2D eigenvalue weighted by atomic mass is 9.96. The number of hydrogen-bond donors (Lipinski definition) is 0. The van der Waals surface area contributed by atoms with E-state index in [2.05, 4.69) is 4.90 Å². The number of carbonyl (C=O) groups excluding carboxylic acids is 1. The van der Waals surface area contributed by atoms with E-state index in [9.17, 15) is 19.3 Å². The summed E-state index contributed by atoms with van der Waals surface area (Å²) >= 11 is 0. The molecule has 0 radical (unpaired) electrons. The largest absolute Gasteiger partial charge is 0.466 e. The summed E-state index contributed by atoms with van der Waals surface area (Å²) in [5, 5.41) is 10.6. The molecular formula is C15H19FN2O4. The molecule has 0 atom stereocenters. The predicted octanol–water partition coefficient (Wildman–Crippen LogP) is 2.51. The van der Waals surface area contributed by atoms with Crippen molar-refractivity contribution in [3.8, 4) is 0 Å². The van der Waals surface area contributed by atoms with E-state index in [1.54, 1.807) is 13.0 Å². The van der Waals surface area contributed by atoms with Crippen molar-refractivity contribution in [3.05, 3.63) is 39.7 Å². The van der Waals surface area contributed by atoms with Crippen LogP contribution in [0.4, 0.5) is 10.1 Å². The zero-order valence-corrected chi connectivity index (χ0v) is 12.5. The number of carbonyl (C=O) groups is 1. The molecule has 1 aromatic carbocycles. The van der Waals surface area contributed by atoms with Crippen molar-refractivity contribution in [3.63, 3.8) is 0 Å². The van der Waals surface area contributed by atoms with E-state index in [0.717, 1.165) is 13.1 Å². The van der Waals surface area contributed by atoms with Gasteiger partial charge in [0.1, 0.15) is 0 Å². The Kier molecular flexibility index (Phi) is 5.43. The van der Waals surface area contributed by atoms with Crippen LogP contribution in [0.5, 0.6) is 0 Å². The topological polar surface area (TPSA) is 72.7 Å². The van der Waals surface area contributed by atoms with Crippen molar-refractivity contribution in [2.45, 2.75) is 26.3 Å². The van der Waals surface area contributed by atoms with Crippen LogP contribution < -0.4 is 0 Å². The van der Waals surface area contributed by atoms with Gasteiger partial charge in [-0.2, -0.15) is 4.39 Å². The third kappa shape index (κ3) is 4.00. The second-order valence-electron chi connectivity index (χ2n) is 5.35. The highest BCUT2D eigenvalue weighted by atomic mass is 19.1. The highest BCUT2D eigenvalue weighted by molar-refractivity contribution is 5.72. The second kappa shape index (κ2) is 7.31. The van der Waals surface area contributed by atoms with Gasteiger partial charge in [0, 0.05) is 12.6 Å². The third-order valence-corrected chi connectivity index (χ3v) is 3.82. The zero-order valence-electron chi connectivity index (χ0n) is 12.5. The quantitative estimate of drug-likeness (QED) is 0.474. The van der Waals surface area contributed by atoms with Gasteiger partial charge in [-0.3, -0.25) is 19.8 Å². The molecule has 1 aliphatic heterocycles. The van der Waals surface area contributed by atoms with Crippen LogP contribution in [0.25, 0.3) is 0 Å². The second-order valence-corrected chi connectivity index (χ2v) is 5.35. The molecule has 0 aromatic heterocycles. The summed E-state index contributed by atoms with van der Waals surface area (Å²) in [6.45, 7) is 4.14. The molecule has 6 nitrogen and oxygen atoms in total. The minimum Gasteiger partial charge on any atom is -0.466 e. The Hall–Kier alpha value is -2.02. The van der Waals surface area contributed by atoms with E-state index >= 15 is 0 Å². The van der Waals surface area contributed by atoms with Crippen molar-refractivity contribution in [2.24, 2.45) is 5.92 Å². The summed E-state index contributed by atoms with van der Waals surface area (Å²) in [6.07, 6.45) is 1.43. The van der Waals surface area contributed by atoms with Crippen LogP contribution in [0.3, 0.4) is 0 Å². The Labute approximate surface area is 128 Å². The molecule has 0 saturated carbocycles. The third-order valence-electron chi connectivity index (χ3n) is 3.82. The van der Waals surface area contributed by atoms with Crippen LogP contribution in [0.2, 0.25) is 0 Å². The molecule has 1 saturated heterocycles. The van der Waals surface area contributed by atoms with Crippen LogP contribution >= 0.6 is 0 Å². The predicted molar refractivity (Wildman–Crippen MR) is 77.7 cm³/mol. The van der Waals surface area contributed by atoms with Crippen LogP contribution in [-0.4, -0.2) is 35.5 Å². The summed E-state index contributed by atoms with van der Waals surface area (Å²) in [5.74, 6) is -1.03. The molecular weight excluding hydrogens is 291 g/mol. The monoisotopic (exact) mass is 310 g/mol. The van der Waals surface area contributed by atoms with Gasteiger partial charge >= 0.3 is 11.7 Å². The molecule has 0 amide bonds. The molecule has 0 unspecified atom stereocenters. The number of rotatable bonds is 5. The van der Waals surface area contributed by atoms with Gasteiger partial charge in [0.25, 0.3) is 0 Å². The normalized spacial score (nSPS) is 16.5. The number of nitro benzene ring substituents is 1. The Morgan fingerprint density at radius 1 is 1.45 bits per heavy atom. The van der Waals surface area contributed by atoms with Crippen LogP contribution in [0.15, 0.2) is 18.2 Å². The van der Waals surface area contributed by atoms with Crippen molar-refractivity contribution in [1.82, 2.24) is 4.90 Å².